The van der Waals surface area contributed by atoms with Crippen molar-refractivity contribution in [3.63, 3.8) is 0 Å². The summed E-state index contributed by atoms with van der Waals surface area (Å²) in [6.45, 7) is -0.191. The van der Waals surface area contributed by atoms with Crippen LogP contribution in [0, 0.1) is 6.92 Å². The number of carbonyl (C=O) groups excluding carboxylic acids is 1. The molecule has 2 aromatic heterocycles. The molecule has 146 valence electrons. The Morgan fingerprint density at radius 1 is 1.07 bits per heavy atom. The summed E-state index contributed by atoms with van der Waals surface area (Å²) < 4.78 is 29.4. The van der Waals surface area contributed by atoms with Crippen molar-refractivity contribution in [2.45, 2.75) is 26.3 Å². The van der Waals surface area contributed by atoms with Crippen molar-refractivity contribution in [2.75, 3.05) is 13.1 Å². The number of rotatable bonds is 3. The molecule has 0 fully saturated rings. The van der Waals surface area contributed by atoms with E-state index in [1.54, 1.807) is 17.9 Å². The van der Waals surface area contributed by atoms with Crippen molar-refractivity contribution in [2.24, 2.45) is 7.05 Å². The molecule has 1 amide bonds. The average Bonchev–Trinajstić information content (AvgIpc) is 3.13. The SMILES string of the molecule is Cc1ccc(C(=O)N2CCc3c(-c4ccccc4)nn(C)c3CC2)n1C(F)F. The number of amides is 1. The summed E-state index contributed by atoms with van der Waals surface area (Å²) in [5.74, 6) is -0.351. The molecule has 28 heavy (non-hydrogen) atoms. The fourth-order valence-electron chi connectivity index (χ4n) is 3.95. The summed E-state index contributed by atoms with van der Waals surface area (Å²) in [6, 6.07) is 13.0. The van der Waals surface area contributed by atoms with Crippen LogP contribution in [0.5, 0.6) is 0 Å². The van der Waals surface area contributed by atoms with E-state index in [1.165, 1.54) is 6.07 Å². The van der Waals surface area contributed by atoms with E-state index in [2.05, 4.69) is 5.10 Å². The normalized spacial score (nSPS) is 14.2. The lowest BCUT2D eigenvalue weighted by atomic mass is 10.0. The number of benzene rings is 1. The van der Waals surface area contributed by atoms with Crippen LogP contribution in [-0.4, -0.2) is 38.2 Å². The number of alkyl halides is 2. The third kappa shape index (κ3) is 3.10. The molecule has 0 saturated carbocycles. The van der Waals surface area contributed by atoms with Crippen LogP contribution < -0.4 is 0 Å². The van der Waals surface area contributed by atoms with E-state index in [0.29, 0.717) is 31.6 Å². The lowest BCUT2D eigenvalue weighted by Gasteiger charge is -2.21. The van der Waals surface area contributed by atoms with Gasteiger partial charge in [0.2, 0.25) is 0 Å². The maximum atomic E-state index is 13.4. The van der Waals surface area contributed by atoms with Crippen molar-refractivity contribution in [1.29, 1.82) is 0 Å². The molecule has 0 radical (unpaired) electrons. The molecule has 3 heterocycles. The fourth-order valence-corrected chi connectivity index (χ4v) is 3.95. The molecule has 1 aliphatic heterocycles. The van der Waals surface area contributed by atoms with Gasteiger partial charge in [-0.3, -0.25) is 14.0 Å². The van der Waals surface area contributed by atoms with Crippen molar-refractivity contribution < 1.29 is 13.6 Å². The Balaban J connectivity index is 1.62. The number of hydrogen-bond donors (Lipinski definition) is 0. The predicted octanol–water partition coefficient (Wildman–Crippen LogP) is 3.83. The van der Waals surface area contributed by atoms with E-state index in [4.69, 9.17) is 0 Å². The molecule has 0 N–H and O–H groups in total. The highest BCUT2D eigenvalue weighted by molar-refractivity contribution is 5.93. The van der Waals surface area contributed by atoms with Crippen molar-refractivity contribution in [1.82, 2.24) is 19.2 Å². The fraction of sp³-hybridized carbons (Fsp3) is 0.333. The van der Waals surface area contributed by atoms with Gasteiger partial charge in [0.15, 0.2) is 0 Å². The number of nitrogens with zero attached hydrogens (tertiary/aromatic N) is 4. The molecule has 5 nitrogen and oxygen atoms in total. The van der Waals surface area contributed by atoms with Crippen LogP contribution in [0.1, 0.15) is 34.0 Å². The van der Waals surface area contributed by atoms with Gasteiger partial charge in [-0.05, 0) is 25.5 Å². The van der Waals surface area contributed by atoms with Gasteiger partial charge in [0.1, 0.15) is 5.69 Å². The van der Waals surface area contributed by atoms with Gasteiger partial charge >= 0.3 is 6.55 Å². The summed E-state index contributed by atoms with van der Waals surface area (Å²) in [6.07, 6.45) is 1.29. The molecular formula is C21H22F2N4O. The monoisotopic (exact) mass is 384 g/mol. The number of hydrogen-bond acceptors (Lipinski definition) is 2. The van der Waals surface area contributed by atoms with Crippen molar-refractivity contribution in [3.05, 3.63) is 65.1 Å². The first kappa shape index (κ1) is 18.4. The van der Waals surface area contributed by atoms with Crippen LogP contribution in [-0.2, 0) is 19.9 Å². The van der Waals surface area contributed by atoms with E-state index in [-0.39, 0.29) is 11.6 Å². The van der Waals surface area contributed by atoms with E-state index in [1.807, 2.05) is 42.1 Å². The van der Waals surface area contributed by atoms with Gasteiger partial charge in [0.05, 0.1) is 5.69 Å². The summed E-state index contributed by atoms with van der Waals surface area (Å²) >= 11 is 0. The van der Waals surface area contributed by atoms with E-state index in [9.17, 15) is 13.6 Å². The van der Waals surface area contributed by atoms with Crippen molar-refractivity contribution >= 4 is 5.91 Å². The largest absolute Gasteiger partial charge is 0.337 e. The number of halogens is 2. The van der Waals surface area contributed by atoms with Gasteiger partial charge in [-0.1, -0.05) is 30.3 Å². The molecule has 0 spiro atoms. The number of carbonyl (C=O) groups is 1. The zero-order valence-corrected chi connectivity index (χ0v) is 15.9. The predicted molar refractivity (Wildman–Crippen MR) is 102 cm³/mol. The molecule has 0 atom stereocenters. The van der Waals surface area contributed by atoms with Gasteiger partial charge in [-0.2, -0.15) is 13.9 Å². The first-order chi connectivity index (χ1) is 13.5. The average molecular weight is 384 g/mol. The molecule has 0 bridgehead atoms. The molecule has 1 aliphatic rings. The molecule has 1 aromatic carbocycles. The van der Waals surface area contributed by atoms with E-state index >= 15 is 0 Å². The molecule has 0 unspecified atom stereocenters. The van der Waals surface area contributed by atoms with Gasteiger partial charge < -0.3 is 4.90 Å². The Hall–Kier alpha value is -2.96. The minimum Gasteiger partial charge on any atom is -0.337 e. The molecular weight excluding hydrogens is 362 g/mol. The third-order valence-corrected chi connectivity index (χ3v) is 5.40. The van der Waals surface area contributed by atoms with Gasteiger partial charge in [0, 0.05) is 49.1 Å². The van der Waals surface area contributed by atoms with Crippen LogP contribution in [0.25, 0.3) is 11.3 Å². The highest BCUT2D eigenvalue weighted by Crippen LogP contribution is 2.28. The first-order valence-electron chi connectivity index (χ1n) is 9.32. The number of aromatic nitrogens is 3. The maximum absolute atomic E-state index is 13.4. The first-order valence-corrected chi connectivity index (χ1v) is 9.32. The van der Waals surface area contributed by atoms with Crippen LogP contribution in [0.4, 0.5) is 8.78 Å². The van der Waals surface area contributed by atoms with Crippen LogP contribution in [0.3, 0.4) is 0 Å². The summed E-state index contributed by atoms with van der Waals surface area (Å²) in [7, 11) is 1.91. The smallest absolute Gasteiger partial charge is 0.319 e. The van der Waals surface area contributed by atoms with Gasteiger partial charge in [-0.15, -0.1) is 0 Å². The summed E-state index contributed by atoms with van der Waals surface area (Å²) in [5.41, 5.74) is 4.62. The van der Waals surface area contributed by atoms with Gasteiger partial charge in [-0.25, -0.2) is 0 Å². The molecule has 0 aliphatic carbocycles. The minimum absolute atomic E-state index is 0.0415. The van der Waals surface area contributed by atoms with Crippen LogP contribution in [0.15, 0.2) is 42.5 Å². The Labute approximate surface area is 162 Å². The van der Waals surface area contributed by atoms with Crippen LogP contribution >= 0.6 is 0 Å². The molecule has 3 aromatic rings. The quantitative estimate of drug-likeness (QED) is 0.689. The lowest BCUT2D eigenvalue weighted by molar-refractivity contribution is 0.0554. The standard InChI is InChI=1S/C21H22F2N4O/c1-14-8-9-18(27(14)21(22)23)20(28)26-12-10-16-17(11-13-26)25(2)24-19(16)15-6-4-3-5-7-15/h3-9,21H,10-13H2,1-2H3. The maximum Gasteiger partial charge on any atom is 0.319 e. The highest BCUT2D eigenvalue weighted by atomic mass is 19.3. The molecule has 7 heteroatoms. The second kappa shape index (κ2) is 7.22. The van der Waals surface area contributed by atoms with Crippen LogP contribution in [0.2, 0.25) is 0 Å². The Morgan fingerprint density at radius 3 is 2.50 bits per heavy atom. The summed E-state index contributed by atoms with van der Waals surface area (Å²) in [5, 5.41) is 4.68. The minimum atomic E-state index is -2.73. The highest BCUT2D eigenvalue weighted by Gasteiger charge is 2.28. The Bertz CT molecular complexity index is 1010. The zero-order chi connectivity index (χ0) is 19.8. The van der Waals surface area contributed by atoms with Gasteiger partial charge in [0.25, 0.3) is 5.91 Å². The Morgan fingerprint density at radius 2 is 1.79 bits per heavy atom. The topological polar surface area (TPSA) is 43.1 Å². The second-order valence-electron chi connectivity index (χ2n) is 7.06. The molecule has 0 saturated heterocycles. The lowest BCUT2D eigenvalue weighted by Crippen LogP contribution is -2.35. The second-order valence-corrected chi connectivity index (χ2v) is 7.06. The number of aryl methyl sites for hydroxylation is 2. The third-order valence-electron chi connectivity index (χ3n) is 5.40. The van der Waals surface area contributed by atoms with E-state index in [0.717, 1.165) is 27.1 Å². The molecule has 4 rings (SSSR count). The number of fused-ring (bicyclic) bond motifs is 1. The summed E-state index contributed by atoms with van der Waals surface area (Å²) in [4.78, 5) is 14.6. The Kier molecular flexibility index (Phi) is 4.75. The van der Waals surface area contributed by atoms with Crippen molar-refractivity contribution in [3.8, 4) is 11.3 Å². The van der Waals surface area contributed by atoms with E-state index < -0.39 is 6.55 Å². The zero-order valence-electron chi connectivity index (χ0n) is 15.9.